The number of allylic oxidation sites excluding steroid dienone is 1. The molecule has 0 radical (unpaired) electrons. The van der Waals surface area contributed by atoms with E-state index in [1.807, 2.05) is 44.2 Å². The van der Waals surface area contributed by atoms with Crippen LogP contribution in [0.15, 0.2) is 60.7 Å². The van der Waals surface area contributed by atoms with Gasteiger partial charge >= 0.3 is 0 Å². The summed E-state index contributed by atoms with van der Waals surface area (Å²) in [5.41, 5.74) is -0.923. The first-order valence-electron chi connectivity index (χ1n) is 10.9. The van der Waals surface area contributed by atoms with Crippen molar-refractivity contribution in [2.75, 3.05) is 6.61 Å². The molecule has 0 saturated heterocycles. The lowest BCUT2D eigenvalue weighted by Crippen LogP contribution is -2.66. The zero-order chi connectivity index (χ0) is 23.9. The number of aliphatic hydroxyl groups is 6. The summed E-state index contributed by atoms with van der Waals surface area (Å²) in [7, 11) is 0. The van der Waals surface area contributed by atoms with Crippen molar-refractivity contribution in [3.63, 3.8) is 0 Å². The van der Waals surface area contributed by atoms with Crippen LogP contribution in [0.25, 0.3) is 0 Å². The van der Waals surface area contributed by atoms with Crippen LogP contribution in [-0.4, -0.2) is 66.8 Å². The Labute approximate surface area is 190 Å². The summed E-state index contributed by atoms with van der Waals surface area (Å²) in [6.45, 7) is 4.76. The minimum absolute atomic E-state index is 0.0106. The molecule has 176 valence electrons. The second-order valence-electron chi connectivity index (χ2n) is 8.80. The third-order valence-electron chi connectivity index (χ3n) is 5.92. The molecule has 5 atom stereocenters. The second-order valence-corrected chi connectivity index (χ2v) is 8.80. The van der Waals surface area contributed by atoms with Gasteiger partial charge in [-0.3, -0.25) is 0 Å². The van der Waals surface area contributed by atoms with E-state index < -0.39 is 36.1 Å². The molecule has 1 unspecified atom stereocenters. The SMILES string of the molecule is C/C=C/CC(O)(Cc1cccc(C)c1)[C@@H](O)[C@@](O)(Cc1cccc(C)c1)[C@H](O)[C@@H](O)CO. The van der Waals surface area contributed by atoms with Gasteiger partial charge in [-0.2, -0.15) is 0 Å². The summed E-state index contributed by atoms with van der Waals surface area (Å²) in [4.78, 5) is 0. The van der Waals surface area contributed by atoms with Crippen molar-refractivity contribution in [3.8, 4) is 0 Å². The van der Waals surface area contributed by atoms with Crippen molar-refractivity contribution < 1.29 is 30.6 Å². The van der Waals surface area contributed by atoms with E-state index in [4.69, 9.17) is 0 Å². The molecule has 0 heterocycles. The van der Waals surface area contributed by atoms with Gasteiger partial charge in [-0.25, -0.2) is 0 Å². The van der Waals surface area contributed by atoms with Crippen molar-refractivity contribution in [2.24, 2.45) is 0 Å². The van der Waals surface area contributed by atoms with Crippen LogP contribution in [0.4, 0.5) is 0 Å². The lowest BCUT2D eigenvalue weighted by Gasteiger charge is -2.46. The summed E-state index contributed by atoms with van der Waals surface area (Å²) in [6.07, 6.45) is -2.26. The summed E-state index contributed by atoms with van der Waals surface area (Å²) in [5, 5.41) is 64.9. The molecule has 2 aromatic rings. The van der Waals surface area contributed by atoms with Gasteiger partial charge in [-0.1, -0.05) is 71.8 Å². The third kappa shape index (κ3) is 6.25. The predicted octanol–water partition coefficient (Wildman–Crippen LogP) is 1.59. The Bertz CT molecular complexity index is 897. The average molecular weight is 445 g/mol. The molecule has 0 aliphatic carbocycles. The molecule has 0 aliphatic heterocycles. The molecule has 0 saturated carbocycles. The average Bonchev–Trinajstić information content (AvgIpc) is 2.76. The van der Waals surface area contributed by atoms with Gasteiger partial charge in [0, 0.05) is 12.8 Å². The van der Waals surface area contributed by atoms with E-state index in [1.54, 1.807) is 37.3 Å². The number of benzene rings is 2. The molecule has 2 aromatic carbocycles. The number of hydrogen-bond donors (Lipinski definition) is 6. The maximum atomic E-state index is 11.6. The van der Waals surface area contributed by atoms with Crippen molar-refractivity contribution in [1.82, 2.24) is 0 Å². The van der Waals surface area contributed by atoms with Crippen molar-refractivity contribution in [1.29, 1.82) is 0 Å². The van der Waals surface area contributed by atoms with E-state index in [1.165, 1.54) is 0 Å². The van der Waals surface area contributed by atoms with Gasteiger partial charge in [0.25, 0.3) is 0 Å². The van der Waals surface area contributed by atoms with Crippen LogP contribution in [0.2, 0.25) is 0 Å². The Balaban J connectivity index is 2.53. The molecular formula is C26H36O6. The molecule has 0 spiro atoms. The third-order valence-corrected chi connectivity index (χ3v) is 5.92. The molecule has 32 heavy (non-hydrogen) atoms. The van der Waals surface area contributed by atoms with Gasteiger partial charge in [0.15, 0.2) is 0 Å². The highest BCUT2D eigenvalue weighted by Crippen LogP contribution is 2.35. The quantitative estimate of drug-likeness (QED) is 0.293. The maximum Gasteiger partial charge on any atom is 0.126 e. The molecule has 6 nitrogen and oxygen atoms in total. The fourth-order valence-corrected chi connectivity index (χ4v) is 4.19. The molecule has 6 N–H and O–H groups in total. The van der Waals surface area contributed by atoms with E-state index >= 15 is 0 Å². The van der Waals surface area contributed by atoms with Crippen LogP contribution in [0, 0.1) is 13.8 Å². The maximum absolute atomic E-state index is 11.6. The minimum atomic E-state index is -2.34. The fourth-order valence-electron chi connectivity index (χ4n) is 4.19. The normalized spacial score (nSPS) is 18.7. The first-order chi connectivity index (χ1) is 15.1. The van der Waals surface area contributed by atoms with Gasteiger partial charge in [-0.15, -0.1) is 0 Å². The van der Waals surface area contributed by atoms with Gasteiger partial charge in [-0.05, 0) is 38.3 Å². The molecule has 2 rings (SSSR count). The second kappa shape index (κ2) is 11.2. The Morgan fingerprint density at radius 1 is 0.875 bits per heavy atom. The van der Waals surface area contributed by atoms with Gasteiger partial charge in [0.2, 0.25) is 0 Å². The monoisotopic (exact) mass is 444 g/mol. The predicted molar refractivity (Wildman–Crippen MR) is 124 cm³/mol. The number of hydrogen-bond acceptors (Lipinski definition) is 6. The Morgan fingerprint density at radius 2 is 1.41 bits per heavy atom. The molecule has 6 heteroatoms. The van der Waals surface area contributed by atoms with Gasteiger partial charge in [0.1, 0.15) is 29.5 Å². The smallest absolute Gasteiger partial charge is 0.126 e. The fraction of sp³-hybridized carbons (Fsp3) is 0.462. The Morgan fingerprint density at radius 3 is 1.88 bits per heavy atom. The van der Waals surface area contributed by atoms with Gasteiger partial charge < -0.3 is 30.6 Å². The Kier molecular flexibility index (Phi) is 9.16. The molecule has 0 aliphatic rings. The highest BCUT2D eigenvalue weighted by molar-refractivity contribution is 5.28. The highest BCUT2D eigenvalue weighted by Gasteiger charge is 2.53. The number of aryl methyl sites for hydroxylation is 2. The van der Waals surface area contributed by atoms with Crippen molar-refractivity contribution >= 4 is 0 Å². The van der Waals surface area contributed by atoms with Crippen molar-refractivity contribution in [2.45, 2.75) is 69.5 Å². The molecule has 0 bridgehead atoms. The zero-order valence-electron chi connectivity index (χ0n) is 19.0. The van der Waals surface area contributed by atoms with Crippen LogP contribution < -0.4 is 0 Å². The van der Waals surface area contributed by atoms with Crippen LogP contribution in [0.1, 0.15) is 35.6 Å². The molecular weight excluding hydrogens is 408 g/mol. The van der Waals surface area contributed by atoms with E-state index in [9.17, 15) is 30.6 Å². The summed E-state index contributed by atoms with van der Waals surface area (Å²) in [5.74, 6) is 0. The van der Waals surface area contributed by atoms with Crippen LogP contribution in [0.3, 0.4) is 0 Å². The Hall–Kier alpha value is -2.06. The summed E-state index contributed by atoms with van der Waals surface area (Å²) >= 11 is 0. The van der Waals surface area contributed by atoms with E-state index in [2.05, 4.69) is 0 Å². The molecule has 0 fully saturated rings. The van der Waals surface area contributed by atoms with E-state index in [-0.39, 0.29) is 19.3 Å². The van der Waals surface area contributed by atoms with Crippen LogP contribution in [0.5, 0.6) is 0 Å². The first kappa shape index (κ1) is 26.2. The van der Waals surface area contributed by atoms with Crippen molar-refractivity contribution in [3.05, 3.63) is 82.9 Å². The molecule has 0 amide bonds. The summed E-state index contributed by atoms with van der Waals surface area (Å²) in [6, 6.07) is 14.6. The lowest BCUT2D eigenvalue weighted by atomic mass is 9.71. The number of rotatable bonds is 11. The summed E-state index contributed by atoms with van der Waals surface area (Å²) < 4.78 is 0. The molecule has 0 aromatic heterocycles. The zero-order valence-corrected chi connectivity index (χ0v) is 19.0. The van der Waals surface area contributed by atoms with Crippen LogP contribution in [-0.2, 0) is 12.8 Å². The topological polar surface area (TPSA) is 121 Å². The first-order valence-corrected chi connectivity index (χ1v) is 10.9. The minimum Gasteiger partial charge on any atom is -0.394 e. The van der Waals surface area contributed by atoms with E-state index in [0.29, 0.717) is 5.56 Å². The number of aliphatic hydroxyl groups excluding tert-OH is 4. The van der Waals surface area contributed by atoms with Gasteiger partial charge in [0.05, 0.1) is 6.61 Å². The van der Waals surface area contributed by atoms with Crippen LogP contribution >= 0.6 is 0 Å². The largest absolute Gasteiger partial charge is 0.394 e. The lowest BCUT2D eigenvalue weighted by molar-refractivity contribution is -0.228. The van der Waals surface area contributed by atoms with E-state index in [0.717, 1.165) is 16.7 Å². The standard InChI is InChI=1S/C26H36O6/c1-4-5-12-25(31,15-20-10-6-8-18(2)13-20)24(30)26(32,23(29)22(28)17-27)16-21-11-7-9-19(3)14-21/h4-11,13-14,22-24,27-32H,12,15-17H2,1-3H3/b5-4+/t22-,23+,24+,25?,26+/m0/s1. The highest BCUT2D eigenvalue weighted by atomic mass is 16.4.